The zero-order valence-electron chi connectivity index (χ0n) is 9.93. The van der Waals surface area contributed by atoms with E-state index < -0.39 is 0 Å². The molecule has 0 heterocycles. The van der Waals surface area contributed by atoms with Crippen molar-refractivity contribution in [3.63, 3.8) is 0 Å². The third-order valence-corrected chi connectivity index (χ3v) is 3.44. The quantitative estimate of drug-likeness (QED) is 0.404. The van der Waals surface area contributed by atoms with Crippen LogP contribution in [0.4, 0.5) is 0 Å². The summed E-state index contributed by atoms with van der Waals surface area (Å²) in [6, 6.07) is 0. The minimum absolute atomic E-state index is 0.214. The first-order chi connectivity index (χ1) is 6.97. The first-order valence-corrected chi connectivity index (χ1v) is 5.64. The van der Waals surface area contributed by atoms with E-state index in [4.69, 9.17) is 0 Å². The van der Waals surface area contributed by atoms with E-state index in [2.05, 4.69) is 20.8 Å². The van der Waals surface area contributed by atoms with E-state index >= 15 is 0 Å². The van der Waals surface area contributed by atoms with Gasteiger partial charge in [0, 0.05) is 6.42 Å². The van der Waals surface area contributed by atoms with Crippen LogP contribution in [0.1, 0.15) is 52.9 Å². The van der Waals surface area contributed by atoms with Gasteiger partial charge in [-0.05, 0) is 38.0 Å². The molecule has 84 valence electrons. The van der Waals surface area contributed by atoms with Crippen molar-refractivity contribution in [1.82, 2.24) is 0 Å². The second kappa shape index (κ2) is 4.73. The summed E-state index contributed by atoms with van der Waals surface area (Å²) in [5.41, 5.74) is 3.03. The van der Waals surface area contributed by atoms with Crippen molar-refractivity contribution >= 4 is 12.1 Å². The highest BCUT2D eigenvalue weighted by molar-refractivity contribution is 6.24. The number of hydrogen-bond donors (Lipinski definition) is 0. The van der Waals surface area contributed by atoms with Crippen molar-refractivity contribution in [3.8, 4) is 0 Å². The summed E-state index contributed by atoms with van der Waals surface area (Å²) in [5.74, 6) is -0.281. The van der Waals surface area contributed by atoms with Crippen LogP contribution in [-0.4, -0.2) is 12.1 Å². The molecule has 0 unspecified atom stereocenters. The SMILES string of the molecule is CC1=C(CCC(=O)C=O)C(C)(C)CCC1. The summed E-state index contributed by atoms with van der Waals surface area (Å²) >= 11 is 0. The molecule has 0 aromatic heterocycles. The van der Waals surface area contributed by atoms with Crippen LogP contribution >= 0.6 is 0 Å². The van der Waals surface area contributed by atoms with Crippen molar-refractivity contribution < 1.29 is 9.59 Å². The number of carbonyl (C=O) groups excluding carboxylic acids is 2. The maximum absolute atomic E-state index is 11.0. The average molecular weight is 208 g/mol. The summed E-state index contributed by atoms with van der Waals surface area (Å²) in [6.07, 6.45) is 5.15. The molecule has 0 saturated heterocycles. The molecule has 2 nitrogen and oxygen atoms in total. The van der Waals surface area contributed by atoms with Crippen molar-refractivity contribution in [2.24, 2.45) is 5.41 Å². The molecule has 0 spiro atoms. The van der Waals surface area contributed by atoms with E-state index in [0.29, 0.717) is 12.7 Å². The highest BCUT2D eigenvalue weighted by Crippen LogP contribution is 2.42. The lowest BCUT2D eigenvalue weighted by Gasteiger charge is -2.34. The molecule has 1 aliphatic carbocycles. The van der Waals surface area contributed by atoms with Crippen LogP contribution in [-0.2, 0) is 9.59 Å². The van der Waals surface area contributed by atoms with E-state index in [0.717, 1.165) is 12.8 Å². The Morgan fingerprint density at radius 2 is 2.13 bits per heavy atom. The fraction of sp³-hybridized carbons (Fsp3) is 0.692. The van der Waals surface area contributed by atoms with Gasteiger partial charge >= 0.3 is 0 Å². The summed E-state index contributed by atoms with van der Waals surface area (Å²) < 4.78 is 0. The van der Waals surface area contributed by atoms with E-state index in [-0.39, 0.29) is 11.2 Å². The maximum atomic E-state index is 11.0. The minimum atomic E-state index is -0.281. The van der Waals surface area contributed by atoms with E-state index in [1.165, 1.54) is 24.0 Å². The van der Waals surface area contributed by atoms with Crippen molar-refractivity contribution in [2.45, 2.75) is 52.9 Å². The maximum Gasteiger partial charge on any atom is 0.195 e. The third-order valence-electron chi connectivity index (χ3n) is 3.44. The normalized spacial score (nSPS) is 20.2. The molecule has 15 heavy (non-hydrogen) atoms. The molecule has 1 rings (SSSR count). The van der Waals surface area contributed by atoms with Gasteiger partial charge in [-0.15, -0.1) is 0 Å². The smallest absolute Gasteiger partial charge is 0.195 e. The van der Waals surface area contributed by atoms with E-state index in [9.17, 15) is 9.59 Å². The highest BCUT2D eigenvalue weighted by Gasteiger charge is 2.28. The van der Waals surface area contributed by atoms with Gasteiger partial charge < -0.3 is 0 Å². The zero-order chi connectivity index (χ0) is 11.5. The van der Waals surface area contributed by atoms with Gasteiger partial charge in [0.2, 0.25) is 0 Å². The monoisotopic (exact) mass is 208 g/mol. The first-order valence-electron chi connectivity index (χ1n) is 5.64. The largest absolute Gasteiger partial charge is 0.295 e. The van der Waals surface area contributed by atoms with E-state index in [1.807, 2.05) is 0 Å². The molecule has 2 heteroatoms. The summed E-state index contributed by atoms with van der Waals surface area (Å²) in [7, 11) is 0. The molecule has 0 radical (unpaired) electrons. The summed E-state index contributed by atoms with van der Waals surface area (Å²) in [4.78, 5) is 21.2. The van der Waals surface area contributed by atoms with E-state index in [1.54, 1.807) is 0 Å². The Labute approximate surface area is 91.7 Å². The third kappa shape index (κ3) is 3.01. The molecule has 0 N–H and O–H groups in total. The predicted molar refractivity (Wildman–Crippen MR) is 60.6 cm³/mol. The number of carbonyl (C=O) groups is 2. The van der Waals surface area contributed by atoms with Gasteiger partial charge in [0.1, 0.15) is 0 Å². The molecule has 1 aliphatic rings. The number of rotatable bonds is 4. The molecular formula is C13H20O2. The lowest BCUT2D eigenvalue weighted by molar-refractivity contribution is -0.129. The topological polar surface area (TPSA) is 34.1 Å². The minimum Gasteiger partial charge on any atom is -0.295 e. The molecule has 0 aromatic rings. The Bertz CT molecular complexity index is 298. The molecule has 0 aromatic carbocycles. The van der Waals surface area contributed by atoms with Crippen molar-refractivity contribution in [1.29, 1.82) is 0 Å². The standard InChI is InChI=1S/C13H20O2/c1-10-5-4-8-13(2,3)12(10)7-6-11(15)9-14/h9H,4-8H2,1-3H3. The molecule has 0 bridgehead atoms. The van der Waals surface area contributed by atoms with Gasteiger partial charge in [-0.25, -0.2) is 0 Å². The molecule has 0 fully saturated rings. The second-order valence-corrected chi connectivity index (χ2v) is 5.08. The molecular weight excluding hydrogens is 188 g/mol. The second-order valence-electron chi connectivity index (χ2n) is 5.08. The van der Waals surface area contributed by atoms with Crippen LogP contribution in [0.5, 0.6) is 0 Å². The van der Waals surface area contributed by atoms with Crippen LogP contribution in [0.2, 0.25) is 0 Å². The molecule has 0 atom stereocenters. The van der Waals surface area contributed by atoms with Crippen LogP contribution < -0.4 is 0 Å². The Balaban J connectivity index is 2.72. The number of aldehydes is 1. The van der Waals surface area contributed by atoms with Gasteiger partial charge in [0.25, 0.3) is 0 Å². The number of Topliss-reactive ketones (excluding diaryl/α,β-unsaturated/α-hetero) is 1. The zero-order valence-corrected chi connectivity index (χ0v) is 9.93. The lowest BCUT2D eigenvalue weighted by atomic mass is 9.71. The van der Waals surface area contributed by atoms with Gasteiger partial charge in [-0.1, -0.05) is 25.0 Å². The lowest BCUT2D eigenvalue weighted by Crippen LogP contribution is -2.21. The van der Waals surface area contributed by atoms with Gasteiger partial charge in [0.15, 0.2) is 12.1 Å². The number of hydrogen-bond acceptors (Lipinski definition) is 2. The molecule has 0 saturated carbocycles. The average Bonchev–Trinajstić information content (AvgIpc) is 2.15. The van der Waals surface area contributed by atoms with Crippen LogP contribution in [0.3, 0.4) is 0 Å². The Morgan fingerprint density at radius 3 is 2.67 bits per heavy atom. The van der Waals surface area contributed by atoms with Gasteiger partial charge in [0.05, 0.1) is 0 Å². The fourth-order valence-electron chi connectivity index (χ4n) is 2.53. The fourth-order valence-corrected chi connectivity index (χ4v) is 2.53. The Morgan fingerprint density at radius 1 is 1.47 bits per heavy atom. The number of allylic oxidation sites excluding steroid dienone is 2. The van der Waals surface area contributed by atoms with Crippen LogP contribution in [0, 0.1) is 5.41 Å². The van der Waals surface area contributed by atoms with Crippen LogP contribution in [0.25, 0.3) is 0 Å². The van der Waals surface area contributed by atoms with Crippen molar-refractivity contribution in [2.75, 3.05) is 0 Å². The summed E-state index contributed by atoms with van der Waals surface area (Å²) in [5, 5.41) is 0. The molecule has 0 aliphatic heterocycles. The Hall–Kier alpha value is -0.920. The van der Waals surface area contributed by atoms with Crippen molar-refractivity contribution in [3.05, 3.63) is 11.1 Å². The Kier molecular flexibility index (Phi) is 3.83. The highest BCUT2D eigenvalue weighted by atomic mass is 16.2. The molecule has 0 amide bonds. The predicted octanol–water partition coefficient (Wildman–Crippen LogP) is 3.06. The first kappa shape index (κ1) is 12.2. The summed E-state index contributed by atoms with van der Waals surface area (Å²) in [6.45, 7) is 6.62. The van der Waals surface area contributed by atoms with Gasteiger partial charge in [-0.3, -0.25) is 9.59 Å². The number of ketones is 1. The van der Waals surface area contributed by atoms with Gasteiger partial charge in [-0.2, -0.15) is 0 Å². The van der Waals surface area contributed by atoms with Crippen LogP contribution in [0.15, 0.2) is 11.1 Å².